The van der Waals surface area contributed by atoms with E-state index < -0.39 is 0 Å². The van der Waals surface area contributed by atoms with Crippen molar-refractivity contribution in [3.8, 4) is 11.3 Å². The van der Waals surface area contributed by atoms with Crippen LogP contribution in [0.4, 0.5) is 0 Å². The van der Waals surface area contributed by atoms with E-state index >= 15 is 0 Å². The first-order chi connectivity index (χ1) is 10.7. The molecule has 1 N–H and O–H groups in total. The average molecular weight is 293 g/mol. The maximum absolute atomic E-state index is 12.7. The quantitative estimate of drug-likeness (QED) is 0.800. The Morgan fingerprint density at radius 2 is 1.91 bits per heavy atom. The molecule has 0 spiro atoms. The van der Waals surface area contributed by atoms with Crippen LogP contribution in [-0.2, 0) is 0 Å². The van der Waals surface area contributed by atoms with Crippen molar-refractivity contribution in [3.63, 3.8) is 0 Å². The van der Waals surface area contributed by atoms with Gasteiger partial charge in [0.25, 0.3) is 5.91 Å². The van der Waals surface area contributed by atoms with Crippen LogP contribution < -0.4 is 5.32 Å². The van der Waals surface area contributed by atoms with E-state index in [1.807, 2.05) is 66.1 Å². The van der Waals surface area contributed by atoms with Gasteiger partial charge in [0.1, 0.15) is 17.0 Å². The zero-order valence-corrected chi connectivity index (χ0v) is 12.8. The largest absolute Gasteiger partial charge is 0.348 e. The Bertz CT molecular complexity index is 792. The summed E-state index contributed by atoms with van der Waals surface area (Å²) in [4.78, 5) is 17.4. The van der Waals surface area contributed by atoms with Crippen molar-refractivity contribution in [2.24, 2.45) is 0 Å². The number of nitrogens with zero attached hydrogens (tertiary/aromatic N) is 2. The summed E-state index contributed by atoms with van der Waals surface area (Å²) in [5.41, 5.74) is 3.02. The van der Waals surface area contributed by atoms with Gasteiger partial charge >= 0.3 is 0 Å². The number of hydrogen-bond donors (Lipinski definition) is 1. The third-order valence-corrected chi connectivity index (χ3v) is 3.78. The Kier molecular flexibility index (Phi) is 3.92. The maximum atomic E-state index is 12.7. The number of nitrogens with one attached hydrogen (secondary N) is 1. The summed E-state index contributed by atoms with van der Waals surface area (Å²) in [5.74, 6) is -0.0908. The summed E-state index contributed by atoms with van der Waals surface area (Å²) < 4.78 is 1.85. The Hall–Kier alpha value is -2.62. The smallest absolute Gasteiger partial charge is 0.270 e. The van der Waals surface area contributed by atoms with Crippen molar-refractivity contribution in [2.75, 3.05) is 0 Å². The molecule has 4 heteroatoms. The van der Waals surface area contributed by atoms with E-state index in [4.69, 9.17) is 0 Å². The summed E-state index contributed by atoms with van der Waals surface area (Å²) >= 11 is 0. The second-order valence-electron chi connectivity index (χ2n) is 5.39. The minimum absolute atomic E-state index is 0.0908. The monoisotopic (exact) mass is 293 g/mol. The van der Waals surface area contributed by atoms with Gasteiger partial charge in [0, 0.05) is 17.8 Å². The molecule has 4 nitrogen and oxygen atoms in total. The Balaban J connectivity index is 2.15. The normalized spacial score (nSPS) is 12.3. The molecule has 112 valence electrons. The van der Waals surface area contributed by atoms with Gasteiger partial charge in [0.05, 0.1) is 0 Å². The average Bonchev–Trinajstić information content (AvgIpc) is 2.95. The van der Waals surface area contributed by atoms with E-state index in [-0.39, 0.29) is 11.9 Å². The molecule has 22 heavy (non-hydrogen) atoms. The highest BCUT2D eigenvalue weighted by Crippen LogP contribution is 2.24. The Morgan fingerprint density at radius 1 is 1.18 bits per heavy atom. The first-order valence-electron chi connectivity index (χ1n) is 7.54. The number of amides is 1. The van der Waals surface area contributed by atoms with E-state index in [0.717, 1.165) is 17.6 Å². The van der Waals surface area contributed by atoms with Crippen molar-refractivity contribution in [3.05, 3.63) is 60.4 Å². The molecule has 3 rings (SSSR count). The number of pyridine rings is 1. The maximum Gasteiger partial charge on any atom is 0.270 e. The SMILES string of the molecule is CCC(C)NC(=O)c1c(-c2ccccc2)nc2ccccn12. The Morgan fingerprint density at radius 3 is 2.64 bits per heavy atom. The van der Waals surface area contributed by atoms with Gasteiger partial charge in [0.2, 0.25) is 0 Å². The molecule has 1 unspecified atom stereocenters. The fraction of sp³-hybridized carbons (Fsp3) is 0.222. The van der Waals surface area contributed by atoms with Crippen molar-refractivity contribution in [1.82, 2.24) is 14.7 Å². The van der Waals surface area contributed by atoms with E-state index in [9.17, 15) is 4.79 Å². The van der Waals surface area contributed by atoms with Crippen LogP contribution in [0.25, 0.3) is 16.9 Å². The predicted octanol–water partition coefficient (Wildman–Crippen LogP) is 3.53. The van der Waals surface area contributed by atoms with Crippen molar-refractivity contribution < 1.29 is 4.79 Å². The van der Waals surface area contributed by atoms with Crippen LogP contribution in [0.2, 0.25) is 0 Å². The van der Waals surface area contributed by atoms with Gasteiger partial charge in [-0.3, -0.25) is 9.20 Å². The molecule has 3 aromatic rings. The van der Waals surface area contributed by atoms with Crippen LogP contribution in [0, 0.1) is 0 Å². The van der Waals surface area contributed by atoms with E-state index in [0.29, 0.717) is 11.4 Å². The van der Waals surface area contributed by atoms with E-state index in [1.54, 1.807) is 0 Å². The molecule has 1 amide bonds. The molecule has 0 aliphatic rings. The first-order valence-corrected chi connectivity index (χ1v) is 7.54. The molecule has 2 heterocycles. The van der Waals surface area contributed by atoms with Crippen LogP contribution in [-0.4, -0.2) is 21.3 Å². The lowest BCUT2D eigenvalue weighted by atomic mass is 10.1. The fourth-order valence-electron chi connectivity index (χ4n) is 2.40. The van der Waals surface area contributed by atoms with Gasteiger partial charge in [-0.15, -0.1) is 0 Å². The second-order valence-corrected chi connectivity index (χ2v) is 5.39. The molecule has 1 atom stereocenters. The number of carbonyl (C=O) groups is 1. The van der Waals surface area contributed by atoms with Gasteiger partial charge in [-0.2, -0.15) is 0 Å². The summed E-state index contributed by atoms with van der Waals surface area (Å²) in [6.45, 7) is 4.06. The van der Waals surface area contributed by atoms with E-state index in [1.165, 1.54) is 0 Å². The molecular weight excluding hydrogens is 274 g/mol. The number of aromatic nitrogens is 2. The highest BCUT2D eigenvalue weighted by molar-refractivity contribution is 5.99. The number of benzene rings is 1. The number of hydrogen-bond acceptors (Lipinski definition) is 2. The number of rotatable bonds is 4. The molecule has 2 aromatic heterocycles. The lowest BCUT2D eigenvalue weighted by Gasteiger charge is -2.12. The third kappa shape index (κ3) is 2.60. The van der Waals surface area contributed by atoms with Crippen LogP contribution in [0.5, 0.6) is 0 Å². The predicted molar refractivity (Wildman–Crippen MR) is 87.8 cm³/mol. The van der Waals surface area contributed by atoms with Gasteiger partial charge in [-0.25, -0.2) is 4.98 Å². The zero-order chi connectivity index (χ0) is 15.5. The second kappa shape index (κ2) is 6.02. The van der Waals surface area contributed by atoms with Gasteiger partial charge < -0.3 is 5.32 Å². The van der Waals surface area contributed by atoms with Crippen molar-refractivity contribution in [2.45, 2.75) is 26.3 Å². The van der Waals surface area contributed by atoms with Crippen molar-refractivity contribution >= 4 is 11.6 Å². The standard InChI is InChI=1S/C18H19N3O/c1-3-13(2)19-18(22)17-16(14-9-5-4-6-10-14)20-15-11-7-8-12-21(15)17/h4-13H,3H2,1-2H3,(H,19,22). The van der Waals surface area contributed by atoms with Crippen molar-refractivity contribution in [1.29, 1.82) is 0 Å². The fourth-order valence-corrected chi connectivity index (χ4v) is 2.40. The van der Waals surface area contributed by atoms with Gasteiger partial charge in [0.15, 0.2) is 0 Å². The summed E-state index contributed by atoms with van der Waals surface area (Å²) in [6, 6.07) is 15.7. The van der Waals surface area contributed by atoms with Gasteiger partial charge in [-0.1, -0.05) is 43.3 Å². The zero-order valence-electron chi connectivity index (χ0n) is 12.8. The van der Waals surface area contributed by atoms with Crippen LogP contribution in [0.1, 0.15) is 30.8 Å². The molecule has 0 saturated heterocycles. The number of fused-ring (bicyclic) bond motifs is 1. The molecule has 0 fully saturated rings. The number of imidazole rings is 1. The van der Waals surface area contributed by atoms with Gasteiger partial charge in [-0.05, 0) is 25.5 Å². The molecule has 0 bridgehead atoms. The van der Waals surface area contributed by atoms with Crippen LogP contribution in [0.3, 0.4) is 0 Å². The summed E-state index contributed by atoms with van der Waals surface area (Å²) in [7, 11) is 0. The minimum atomic E-state index is -0.0908. The van der Waals surface area contributed by atoms with Crippen LogP contribution >= 0.6 is 0 Å². The highest BCUT2D eigenvalue weighted by atomic mass is 16.2. The summed E-state index contributed by atoms with van der Waals surface area (Å²) in [6.07, 6.45) is 2.77. The molecule has 0 aliphatic heterocycles. The molecule has 0 aliphatic carbocycles. The minimum Gasteiger partial charge on any atom is -0.348 e. The Labute approximate surface area is 129 Å². The lowest BCUT2D eigenvalue weighted by Crippen LogP contribution is -2.33. The third-order valence-electron chi connectivity index (χ3n) is 3.78. The number of carbonyl (C=O) groups excluding carboxylic acids is 1. The molecular formula is C18H19N3O. The first kappa shape index (κ1) is 14.3. The molecule has 0 radical (unpaired) electrons. The highest BCUT2D eigenvalue weighted by Gasteiger charge is 2.21. The lowest BCUT2D eigenvalue weighted by molar-refractivity contribution is 0.0934. The molecule has 0 saturated carbocycles. The summed E-state index contributed by atoms with van der Waals surface area (Å²) in [5, 5.41) is 3.03. The molecule has 1 aromatic carbocycles. The van der Waals surface area contributed by atoms with Crippen LogP contribution in [0.15, 0.2) is 54.7 Å². The van der Waals surface area contributed by atoms with E-state index in [2.05, 4.69) is 17.2 Å². The topological polar surface area (TPSA) is 46.4 Å².